The van der Waals surface area contributed by atoms with Crippen molar-refractivity contribution in [1.82, 2.24) is 5.32 Å². The lowest BCUT2D eigenvalue weighted by Gasteiger charge is -2.26. The number of nitrogens with one attached hydrogen (secondary N) is 1. The topological polar surface area (TPSA) is 52.5 Å². The molecule has 0 bridgehead atoms. The molecule has 0 unspecified atom stereocenters. The van der Waals surface area contributed by atoms with Crippen LogP contribution in [0.3, 0.4) is 0 Å². The van der Waals surface area contributed by atoms with Gasteiger partial charge in [-0.2, -0.15) is 0 Å². The minimum Gasteiger partial charge on any atom is -0.395 e. The number of aliphatic hydroxyl groups excluding tert-OH is 2. The van der Waals surface area contributed by atoms with Gasteiger partial charge >= 0.3 is 0 Å². The molecule has 3 aromatic rings. The van der Waals surface area contributed by atoms with Crippen LogP contribution in [0.15, 0.2) is 66.7 Å². The normalized spacial score (nSPS) is 18.7. The van der Waals surface area contributed by atoms with Gasteiger partial charge in [0.25, 0.3) is 0 Å². The molecule has 3 heteroatoms. The Bertz CT molecular complexity index is 842. The highest BCUT2D eigenvalue weighted by atomic mass is 16.3. The Balaban J connectivity index is 1.61. The fourth-order valence-electron chi connectivity index (χ4n) is 3.77. The van der Waals surface area contributed by atoms with E-state index in [4.69, 9.17) is 0 Å². The summed E-state index contributed by atoms with van der Waals surface area (Å²) >= 11 is 0. The van der Waals surface area contributed by atoms with E-state index in [-0.39, 0.29) is 12.6 Å². The third-order valence-corrected chi connectivity index (χ3v) is 4.96. The molecule has 0 spiro atoms. The number of hydrogen-bond donors (Lipinski definition) is 3. The lowest BCUT2D eigenvalue weighted by atomic mass is 10.00. The molecule has 3 aromatic carbocycles. The van der Waals surface area contributed by atoms with Gasteiger partial charge in [-0.25, -0.2) is 0 Å². The van der Waals surface area contributed by atoms with E-state index in [1.165, 1.54) is 21.9 Å². The Morgan fingerprint density at radius 1 is 0.958 bits per heavy atom. The molecule has 3 N–H and O–H groups in total. The van der Waals surface area contributed by atoms with Crippen LogP contribution in [0.2, 0.25) is 0 Å². The standard InChI is InChI=1S/C21H21NO2/c23-13-19(21(24)15-6-2-1-3-7-15)22-18-12-16-10-4-8-14-9-5-11-17(18)20(14)16/h1-11,18-19,21-24H,12-13H2/t18-,19-,21-/m0/s1. The molecular formula is C21H21NO2. The number of hydrogen-bond acceptors (Lipinski definition) is 3. The van der Waals surface area contributed by atoms with Crippen LogP contribution in [0.4, 0.5) is 0 Å². The summed E-state index contributed by atoms with van der Waals surface area (Å²) < 4.78 is 0. The molecule has 0 aromatic heterocycles. The number of rotatable bonds is 5. The average molecular weight is 319 g/mol. The van der Waals surface area contributed by atoms with Crippen LogP contribution in [-0.4, -0.2) is 22.9 Å². The Kier molecular flexibility index (Phi) is 4.07. The summed E-state index contributed by atoms with van der Waals surface area (Å²) in [5.74, 6) is 0. The van der Waals surface area contributed by atoms with Crippen molar-refractivity contribution in [2.24, 2.45) is 0 Å². The first kappa shape index (κ1) is 15.3. The van der Waals surface area contributed by atoms with E-state index >= 15 is 0 Å². The highest BCUT2D eigenvalue weighted by Crippen LogP contribution is 2.37. The minimum atomic E-state index is -0.737. The average Bonchev–Trinajstić information content (AvgIpc) is 3.00. The van der Waals surface area contributed by atoms with E-state index in [1.807, 2.05) is 30.3 Å². The fraction of sp³-hybridized carbons (Fsp3) is 0.238. The van der Waals surface area contributed by atoms with Gasteiger partial charge in [-0.1, -0.05) is 66.7 Å². The van der Waals surface area contributed by atoms with Crippen molar-refractivity contribution >= 4 is 10.8 Å². The van der Waals surface area contributed by atoms with Gasteiger partial charge < -0.3 is 15.5 Å². The fourth-order valence-corrected chi connectivity index (χ4v) is 3.77. The summed E-state index contributed by atoms with van der Waals surface area (Å²) in [5, 5.41) is 26.5. The van der Waals surface area contributed by atoms with Crippen molar-refractivity contribution < 1.29 is 10.2 Å². The second-order valence-electron chi connectivity index (χ2n) is 6.43. The molecule has 0 heterocycles. The van der Waals surface area contributed by atoms with Gasteiger partial charge in [-0.05, 0) is 33.9 Å². The summed E-state index contributed by atoms with van der Waals surface area (Å²) in [6.07, 6.45) is 0.147. The van der Waals surface area contributed by atoms with E-state index in [0.717, 1.165) is 12.0 Å². The third-order valence-electron chi connectivity index (χ3n) is 4.96. The van der Waals surface area contributed by atoms with Crippen LogP contribution in [0.5, 0.6) is 0 Å². The van der Waals surface area contributed by atoms with Gasteiger partial charge in [0.2, 0.25) is 0 Å². The number of benzene rings is 3. The summed E-state index contributed by atoms with van der Waals surface area (Å²) in [6, 6.07) is 21.9. The number of aliphatic hydroxyl groups is 2. The summed E-state index contributed by atoms with van der Waals surface area (Å²) in [7, 11) is 0. The van der Waals surface area contributed by atoms with Crippen LogP contribution in [0.25, 0.3) is 10.8 Å². The predicted molar refractivity (Wildman–Crippen MR) is 95.8 cm³/mol. The zero-order valence-electron chi connectivity index (χ0n) is 13.4. The Morgan fingerprint density at radius 3 is 2.46 bits per heavy atom. The Labute approximate surface area is 141 Å². The van der Waals surface area contributed by atoms with Gasteiger partial charge in [0.05, 0.1) is 18.8 Å². The largest absolute Gasteiger partial charge is 0.395 e. The second kappa shape index (κ2) is 6.36. The first-order valence-electron chi connectivity index (χ1n) is 8.38. The van der Waals surface area contributed by atoms with Gasteiger partial charge in [0.15, 0.2) is 0 Å². The molecule has 0 saturated carbocycles. The molecule has 1 aliphatic carbocycles. The zero-order chi connectivity index (χ0) is 16.5. The Morgan fingerprint density at radius 2 is 1.71 bits per heavy atom. The third kappa shape index (κ3) is 2.61. The molecule has 122 valence electrons. The monoisotopic (exact) mass is 319 g/mol. The first-order valence-corrected chi connectivity index (χ1v) is 8.38. The quantitative estimate of drug-likeness (QED) is 0.677. The molecule has 1 aliphatic rings. The smallest absolute Gasteiger partial charge is 0.0965 e. The first-order chi connectivity index (χ1) is 11.8. The van der Waals surface area contributed by atoms with E-state index in [0.29, 0.717) is 0 Å². The van der Waals surface area contributed by atoms with Crippen LogP contribution in [0, 0.1) is 0 Å². The van der Waals surface area contributed by atoms with E-state index in [9.17, 15) is 10.2 Å². The van der Waals surface area contributed by atoms with Crippen molar-refractivity contribution in [2.45, 2.75) is 24.6 Å². The second-order valence-corrected chi connectivity index (χ2v) is 6.43. The molecule has 0 fully saturated rings. The van der Waals surface area contributed by atoms with Gasteiger partial charge in [-0.3, -0.25) is 0 Å². The summed E-state index contributed by atoms with van der Waals surface area (Å²) in [6.45, 7) is -0.112. The van der Waals surface area contributed by atoms with Crippen LogP contribution in [-0.2, 0) is 6.42 Å². The Hall–Kier alpha value is -2.20. The van der Waals surface area contributed by atoms with Gasteiger partial charge in [-0.15, -0.1) is 0 Å². The molecule has 0 amide bonds. The zero-order valence-corrected chi connectivity index (χ0v) is 13.4. The minimum absolute atomic E-state index is 0.112. The van der Waals surface area contributed by atoms with Crippen molar-refractivity contribution in [3.63, 3.8) is 0 Å². The maximum atomic E-state index is 10.6. The molecule has 3 nitrogen and oxygen atoms in total. The molecule has 4 rings (SSSR count). The lowest BCUT2D eigenvalue weighted by Crippen LogP contribution is -2.40. The van der Waals surface area contributed by atoms with Crippen molar-refractivity contribution in [3.05, 3.63) is 83.4 Å². The SMILES string of the molecule is OC[C@H](N[C@H]1Cc2cccc3cccc1c23)[C@@H](O)c1ccccc1. The molecule has 0 saturated heterocycles. The van der Waals surface area contributed by atoms with Gasteiger partial charge in [0.1, 0.15) is 0 Å². The van der Waals surface area contributed by atoms with E-state index in [2.05, 4.69) is 41.7 Å². The molecule has 24 heavy (non-hydrogen) atoms. The van der Waals surface area contributed by atoms with E-state index in [1.54, 1.807) is 0 Å². The van der Waals surface area contributed by atoms with E-state index < -0.39 is 12.1 Å². The van der Waals surface area contributed by atoms with Crippen molar-refractivity contribution in [2.75, 3.05) is 6.61 Å². The van der Waals surface area contributed by atoms with Crippen LogP contribution in [0.1, 0.15) is 28.8 Å². The highest BCUT2D eigenvalue weighted by molar-refractivity contribution is 5.91. The lowest BCUT2D eigenvalue weighted by molar-refractivity contribution is 0.0836. The van der Waals surface area contributed by atoms with Crippen LogP contribution < -0.4 is 5.32 Å². The summed E-state index contributed by atoms with van der Waals surface area (Å²) in [5.41, 5.74) is 3.39. The molecule has 3 atom stereocenters. The highest BCUT2D eigenvalue weighted by Gasteiger charge is 2.29. The maximum Gasteiger partial charge on any atom is 0.0965 e. The van der Waals surface area contributed by atoms with Crippen molar-refractivity contribution in [1.29, 1.82) is 0 Å². The maximum absolute atomic E-state index is 10.6. The molecule has 0 aliphatic heterocycles. The van der Waals surface area contributed by atoms with Gasteiger partial charge in [0, 0.05) is 6.04 Å². The van der Waals surface area contributed by atoms with Crippen LogP contribution >= 0.6 is 0 Å². The molecular weight excluding hydrogens is 298 g/mol. The summed E-state index contributed by atoms with van der Waals surface area (Å²) in [4.78, 5) is 0. The molecule has 0 radical (unpaired) electrons. The predicted octanol–water partition coefficient (Wildman–Crippen LogP) is 3.12. The van der Waals surface area contributed by atoms with Crippen molar-refractivity contribution in [3.8, 4) is 0 Å².